The Bertz CT molecular complexity index is 1630. The fourth-order valence-corrected chi connectivity index (χ4v) is 6.67. The minimum absolute atomic E-state index is 0.0505. The number of nitrogens with two attached hydrogens (primary N) is 2. The van der Waals surface area contributed by atoms with Crippen molar-refractivity contribution in [1.82, 2.24) is 19.5 Å². The van der Waals surface area contributed by atoms with Crippen molar-refractivity contribution < 1.29 is 71.5 Å². The van der Waals surface area contributed by atoms with E-state index in [0.29, 0.717) is 0 Å². The van der Waals surface area contributed by atoms with Gasteiger partial charge in [0.25, 0.3) is 12.1 Å². The molecule has 0 saturated carbocycles. The third-order valence-corrected chi connectivity index (χ3v) is 9.35. The summed E-state index contributed by atoms with van der Waals surface area (Å²) in [6, 6.07) is 2.83. The molecule has 21 nitrogen and oxygen atoms in total. The fraction of sp³-hybridized carbons (Fsp3) is 0.476. The molecule has 10 N–H and O–H groups in total. The number of carbonyl (C=O) groups excluding carboxylic acids is 1. The van der Waals surface area contributed by atoms with Crippen molar-refractivity contribution in [3.05, 3.63) is 42.7 Å². The summed E-state index contributed by atoms with van der Waals surface area (Å²) in [5.74, 6) is -0.714. The molecule has 1 amide bonds. The molecule has 10 atom stereocenters. The molecule has 2 saturated heterocycles. The first kappa shape index (κ1) is 32.4. The fourth-order valence-electron chi connectivity index (χ4n) is 4.58. The molecule has 2 aliphatic rings. The van der Waals surface area contributed by atoms with E-state index in [1.165, 1.54) is 40.0 Å². The van der Waals surface area contributed by atoms with Gasteiger partial charge in [-0.05, 0) is 6.07 Å². The Hall–Kier alpha value is -3.01. The van der Waals surface area contributed by atoms with Crippen molar-refractivity contribution >= 4 is 38.5 Å². The van der Waals surface area contributed by atoms with Gasteiger partial charge in [0.15, 0.2) is 36.2 Å². The first-order valence-electron chi connectivity index (χ1n) is 12.6. The van der Waals surface area contributed by atoms with E-state index in [1.54, 1.807) is 0 Å². The van der Waals surface area contributed by atoms with E-state index in [4.69, 9.17) is 25.5 Å². The van der Waals surface area contributed by atoms with Crippen LogP contribution in [0.15, 0.2) is 37.2 Å². The lowest BCUT2D eigenvalue weighted by Crippen LogP contribution is -2.46. The molecule has 0 aromatic carbocycles. The lowest BCUT2D eigenvalue weighted by molar-refractivity contribution is -0.765. The van der Waals surface area contributed by atoms with Crippen LogP contribution in [0.3, 0.4) is 0 Å². The van der Waals surface area contributed by atoms with Gasteiger partial charge in [0.1, 0.15) is 47.9 Å². The van der Waals surface area contributed by atoms with E-state index in [-0.39, 0.29) is 22.5 Å². The van der Waals surface area contributed by atoms with Gasteiger partial charge in [-0.2, -0.15) is 8.88 Å². The zero-order chi connectivity index (χ0) is 32.0. The van der Waals surface area contributed by atoms with Crippen molar-refractivity contribution in [2.24, 2.45) is 5.73 Å². The monoisotopic (exact) mass is 664 g/mol. The number of pyridine rings is 1. The summed E-state index contributed by atoms with van der Waals surface area (Å²) in [7, 11) is -10.7. The van der Waals surface area contributed by atoms with E-state index in [1.807, 2.05) is 0 Å². The first-order chi connectivity index (χ1) is 20.7. The highest BCUT2D eigenvalue weighted by atomic mass is 31.3. The number of fused-ring (bicyclic) bond motifs is 1. The highest BCUT2D eigenvalue weighted by Gasteiger charge is 2.50. The SMILES string of the molecule is NC(=O)c1ccc[n+]([C@@H]2O[C@H](COP(=O)(O)OP(=O)(O)OC[C@H]3O[C@@H](n4cnc5c(N)ncnc54)[C@@H](O)C3O)C(O)[C@H]2O)c1. The molecule has 240 valence electrons. The summed E-state index contributed by atoms with van der Waals surface area (Å²) >= 11 is 0. The molecule has 5 rings (SSSR count). The number of rotatable bonds is 11. The highest BCUT2D eigenvalue weighted by Crippen LogP contribution is 2.60. The highest BCUT2D eigenvalue weighted by molar-refractivity contribution is 7.61. The quantitative estimate of drug-likeness (QED) is 0.0747. The molecule has 4 unspecified atom stereocenters. The Morgan fingerprint density at radius 2 is 1.61 bits per heavy atom. The van der Waals surface area contributed by atoms with Gasteiger partial charge in [-0.15, -0.1) is 0 Å². The molecule has 5 heterocycles. The lowest BCUT2D eigenvalue weighted by atomic mass is 10.1. The number of phosphoric ester groups is 2. The Morgan fingerprint density at radius 1 is 0.977 bits per heavy atom. The number of nitrogen functional groups attached to an aromatic ring is 1. The van der Waals surface area contributed by atoms with Crippen LogP contribution in [-0.2, 0) is 32.0 Å². The van der Waals surface area contributed by atoms with E-state index < -0.39 is 83.8 Å². The van der Waals surface area contributed by atoms with E-state index in [0.717, 1.165) is 6.33 Å². The molecule has 0 bridgehead atoms. The molecule has 2 fully saturated rings. The van der Waals surface area contributed by atoms with Crippen LogP contribution in [0.4, 0.5) is 5.82 Å². The number of anilines is 1. The molecular weight excluding hydrogens is 636 g/mol. The zero-order valence-electron chi connectivity index (χ0n) is 22.2. The lowest BCUT2D eigenvalue weighted by Gasteiger charge is -2.20. The maximum atomic E-state index is 12.4. The third kappa shape index (κ3) is 6.65. The number of nitrogens with zero attached hydrogens (tertiary/aromatic N) is 5. The number of hydrogen-bond acceptors (Lipinski definition) is 16. The van der Waals surface area contributed by atoms with Crippen molar-refractivity contribution in [3.63, 3.8) is 0 Å². The van der Waals surface area contributed by atoms with Gasteiger partial charge < -0.3 is 51.2 Å². The number of imidazole rings is 1. The summed E-state index contributed by atoms with van der Waals surface area (Å²) in [6.45, 7) is -1.80. The predicted molar refractivity (Wildman–Crippen MR) is 139 cm³/mol. The van der Waals surface area contributed by atoms with Gasteiger partial charge in [0.2, 0.25) is 0 Å². The number of primary amides is 1. The summed E-state index contributed by atoms with van der Waals surface area (Å²) < 4.78 is 52.0. The summed E-state index contributed by atoms with van der Waals surface area (Å²) in [6.07, 6.45) is -6.85. The third-order valence-electron chi connectivity index (χ3n) is 6.75. The number of amides is 1. The van der Waals surface area contributed by atoms with E-state index in [2.05, 4.69) is 23.8 Å². The molecule has 0 aliphatic carbocycles. The van der Waals surface area contributed by atoms with Crippen molar-refractivity contribution in [3.8, 4) is 0 Å². The molecule has 3 aromatic rings. The first-order valence-corrected chi connectivity index (χ1v) is 15.6. The minimum atomic E-state index is -5.37. The van der Waals surface area contributed by atoms with Gasteiger partial charge >= 0.3 is 15.6 Å². The Kier molecular flexibility index (Phi) is 9.13. The van der Waals surface area contributed by atoms with Crippen LogP contribution in [0.2, 0.25) is 0 Å². The Morgan fingerprint density at radius 3 is 2.27 bits per heavy atom. The van der Waals surface area contributed by atoms with E-state index in [9.17, 15) is 44.1 Å². The molecule has 44 heavy (non-hydrogen) atoms. The summed E-state index contributed by atoms with van der Waals surface area (Å²) in [5, 5.41) is 41.6. The Balaban J connectivity index is 1.16. The number of ether oxygens (including phenoxy) is 2. The molecule has 0 spiro atoms. The normalized spacial score (nSPS) is 31.6. The van der Waals surface area contributed by atoms with Crippen LogP contribution in [-0.4, -0.2) is 105 Å². The van der Waals surface area contributed by atoms with Gasteiger partial charge in [-0.3, -0.25) is 18.4 Å². The molecule has 2 aliphatic heterocycles. The second-order valence-corrected chi connectivity index (χ2v) is 12.7. The van der Waals surface area contributed by atoms with Gasteiger partial charge in [-0.25, -0.2) is 24.1 Å². The van der Waals surface area contributed by atoms with Crippen LogP contribution in [0, 0.1) is 0 Å². The second kappa shape index (κ2) is 12.4. The van der Waals surface area contributed by atoms with Gasteiger partial charge in [-0.1, -0.05) is 0 Å². The number of aliphatic hydroxyl groups excluding tert-OH is 4. The molecular formula is C21H28N7O14P2+. The summed E-state index contributed by atoms with van der Waals surface area (Å²) in [4.78, 5) is 43.3. The van der Waals surface area contributed by atoms with Crippen LogP contribution < -0.4 is 16.0 Å². The number of aliphatic hydroxyl groups is 4. The van der Waals surface area contributed by atoms with Crippen molar-refractivity contribution in [1.29, 1.82) is 0 Å². The van der Waals surface area contributed by atoms with Crippen LogP contribution in [0.1, 0.15) is 22.8 Å². The molecule has 23 heteroatoms. The van der Waals surface area contributed by atoms with Crippen LogP contribution >= 0.6 is 15.6 Å². The topological polar surface area (TPSA) is 318 Å². The predicted octanol–water partition coefficient (Wildman–Crippen LogP) is -3.02. The standard InChI is InChI=1S/C21H27N7O14P2/c22-17-12-19(25-7-24-17)28(8-26-12)21-16(32)14(30)11(41-21)6-39-44(36,37)42-43(34,35)38-5-10-13(29)15(31)20(40-10)27-3-1-2-9(4-27)18(23)33/h1-4,7-8,10-11,13-16,20-21,29-32H,5-6H2,(H5-,22,23,24,25,33,34,35,36,37)/p+1/t10-,11-,13?,14?,15-,16+,20-,21-/m1/s1. The maximum Gasteiger partial charge on any atom is 0.481 e. The van der Waals surface area contributed by atoms with Crippen LogP contribution in [0.25, 0.3) is 11.2 Å². The van der Waals surface area contributed by atoms with E-state index >= 15 is 0 Å². The smallest absolute Gasteiger partial charge is 0.387 e. The second-order valence-electron chi connectivity index (χ2n) is 9.69. The largest absolute Gasteiger partial charge is 0.481 e. The Labute approximate surface area is 246 Å². The van der Waals surface area contributed by atoms with Crippen LogP contribution in [0.5, 0.6) is 0 Å². The van der Waals surface area contributed by atoms with Crippen molar-refractivity contribution in [2.75, 3.05) is 18.9 Å². The summed E-state index contributed by atoms with van der Waals surface area (Å²) in [5.41, 5.74) is 11.4. The number of aromatic nitrogens is 5. The number of hydrogen-bond donors (Lipinski definition) is 8. The maximum absolute atomic E-state index is 12.4. The molecule has 0 radical (unpaired) electrons. The zero-order valence-corrected chi connectivity index (χ0v) is 24.0. The number of phosphoric acid groups is 2. The average Bonchev–Trinajstić information content (AvgIpc) is 3.61. The molecule has 3 aromatic heterocycles. The van der Waals surface area contributed by atoms with Crippen molar-refractivity contribution in [2.45, 2.75) is 49.1 Å². The van der Waals surface area contributed by atoms with Gasteiger partial charge in [0.05, 0.1) is 19.5 Å². The minimum Gasteiger partial charge on any atom is -0.387 e. The average molecular weight is 664 g/mol. The number of carbonyl (C=O) groups is 1. The van der Waals surface area contributed by atoms with Gasteiger partial charge in [0, 0.05) is 6.07 Å².